The summed E-state index contributed by atoms with van der Waals surface area (Å²) in [5.74, 6) is -1.33. The Balaban J connectivity index is 1.53. The number of carboxylic acids is 1. The molecule has 9 heteroatoms. The summed E-state index contributed by atoms with van der Waals surface area (Å²) in [6, 6.07) is 6.84. The number of carbonyl (C=O) groups is 3. The topological polar surface area (TPSA) is 112 Å². The number of nitrogens with zero attached hydrogens (tertiary/aromatic N) is 2. The Morgan fingerprint density at radius 2 is 1.92 bits per heavy atom. The van der Waals surface area contributed by atoms with Crippen LogP contribution in [0.25, 0.3) is 10.4 Å². The number of hydrogen-bond donors (Lipinski definition) is 3. The maximum Gasteiger partial charge on any atom is 0.306 e. The lowest BCUT2D eigenvalue weighted by Gasteiger charge is -2.35. The van der Waals surface area contributed by atoms with Gasteiger partial charge in [0.15, 0.2) is 0 Å². The minimum atomic E-state index is -0.779. The zero-order valence-corrected chi connectivity index (χ0v) is 23.1. The number of rotatable bonds is 9. The third kappa shape index (κ3) is 6.04. The van der Waals surface area contributed by atoms with E-state index in [1.54, 1.807) is 23.3 Å². The molecule has 1 aliphatic carbocycles. The number of thiazole rings is 1. The molecule has 3 N–H and O–H groups in total. The van der Waals surface area contributed by atoms with Gasteiger partial charge in [-0.3, -0.25) is 14.4 Å². The van der Waals surface area contributed by atoms with Crippen LogP contribution in [0, 0.1) is 24.2 Å². The quantitative estimate of drug-likeness (QED) is 0.455. The number of likely N-dealkylation sites (tertiary alicyclic amines) is 1. The highest BCUT2D eigenvalue weighted by Gasteiger charge is 2.45. The molecule has 200 valence electrons. The lowest BCUT2D eigenvalue weighted by molar-refractivity contribution is -0.142. The largest absolute Gasteiger partial charge is 0.481 e. The average molecular weight is 527 g/mol. The van der Waals surface area contributed by atoms with Crippen LogP contribution in [-0.2, 0) is 14.4 Å². The molecule has 0 bridgehead atoms. The number of carbonyl (C=O) groups excluding carboxylic acids is 2. The number of likely N-dealkylation sites (N-methyl/N-ethyl adjacent to an activating group) is 1. The maximum absolute atomic E-state index is 13.6. The van der Waals surface area contributed by atoms with Gasteiger partial charge in [-0.25, -0.2) is 4.98 Å². The van der Waals surface area contributed by atoms with Gasteiger partial charge in [-0.15, -0.1) is 11.3 Å². The van der Waals surface area contributed by atoms with Crippen molar-refractivity contribution in [3.05, 3.63) is 41.0 Å². The zero-order chi connectivity index (χ0) is 26.9. The molecule has 1 saturated carbocycles. The monoisotopic (exact) mass is 526 g/mol. The first-order chi connectivity index (χ1) is 17.5. The molecule has 2 aliphatic rings. The lowest BCUT2D eigenvalue weighted by Crippen LogP contribution is -2.56. The molecule has 37 heavy (non-hydrogen) atoms. The Bertz CT molecular complexity index is 1140. The predicted octanol–water partition coefficient (Wildman–Crippen LogP) is 4.01. The molecule has 4 rings (SSSR count). The molecular formula is C28H38N4O4S. The summed E-state index contributed by atoms with van der Waals surface area (Å²) in [5, 5.41) is 15.8. The highest BCUT2D eigenvalue weighted by atomic mass is 32.1. The van der Waals surface area contributed by atoms with Crippen molar-refractivity contribution in [2.45, 2.75) is 71.5 Å². The van der Waals surface area contributed by atoms with Crippen LogP contribution in [0.5, 0.6) is 0 Å². The Hall–Kier alpha value is -2.78. The minimum absolute atomic E-state index is 0.0297. The van der Waals surface area contributed by atoms with Crippen LogP contribution in [-0.4, -0.2) is 58.5 Å². The van der Waals surface area contributed by atoms with Crippen LogP contribution in [0.15, 0.2) is 29.8 Å². The molecule has 2 heterocycles. The average Bonchev–Trinajstić information content (AvgIpc) is 3.22. The van der Waals surface area contributed by atoms with E-state index in [2.05, 4.69) is 15.6 Å². The van der Waals surface area contributed by atoms with E-state index in [1.165, 1.54) is 0 Å². The molecular weight excluding hydrogens is 488 g/mol. The number of aromatic nitrogens is 1. The number of benzene rings is 1. The number of aryl methyl sites for hydroxylation is 1. The fraction of sp³-hybridized carbons (Fsp3) is 0.571. The van der Waals surface area contributed by atoms with Gasteiger partial charge in [0.05, 0.1) is 34.1 Å². The second kappa shape index (κ2) is 10.9. The van der Waals surface area contributed by atoms with E-state index >= 15 is 0 Å². The van der Waals surface area contributed by atoms with Gasteiger partial charge in [0.1, 0.15) is 6.04 Å². The fourth-order valence-electron chi connectivity index (χ4n) is 5.50. The molecule has 0 spiro atoms. The second-order valence-electron chi connectivity index (χ2n) is 11.4. The van der Waals surface area contributed by atoms with Crippen LogP contribution in [0.3, 0.4) is 0 Å². The van der Waals surface area contributed by atoms with E-state index in [0.717, 1.165) is 28.1 Å². The first-order valence-corrected chi connectivity index (χ1v) is 13.9. The molecule has 1 aliphatic heterocycles. The smallest absolute Gasteiger partial charge is 0.306 e. The Morgan fingerprint density at radius 3 is 2.46 bits per heavy atom. The lowest BCUT2D eigenvalue weighted by atomic mass is 9.86. The van der Waals surface area contributed by atoms with Crippen molar-refractivity contribution in [3.63, 3.8) is 0 Å². The SMILES string of the molecule is CN[C@H](C(=O)N1CCC[C@H]1C(=O)N[C@@H](CC1CC1C(=O)O)c1ccc(-c2scnc2C)cc1)C(C)(C)C. The summed E-state index contributed by atoms with van der Waals surface area (Å²) in [6.07, 6.45) is 2.59. The third-order valence-electron chi connectivity index (χ3n) is 7.66. The summed E-state index contributed by atoms with van der Waals surface area (Å²) in [4.78, 5) is 45.6. The normalized spacial score (nSPS) is 22.9. The van der Waals surface area contributed by atoms with Gasteiger partial charge in [-0.2, -0.15) is 0 Å². The molecule has 0 radical (unpaired) electrons. The molecule has 5 atom stereocenters. The van der Waals surface area contributed by atoms with E-state index in [-0.39, 0.29) is 41.1 Å². The van der Waals surface area contributed by atoms with Gasteiger partial charge in [0.25, 0.3) is 0 Å². The number of nitrogens with one attached hydrogen (secondary N) is 2. The van der Waals surface area contributed by atoms with E-state index in [4.69, 9.17) is 0 Å². The number of carboxylic acid groups (broad SMARTS) is 1. The van der Waals surface area contributed by atoms with Crippen LogP contribution in [0.2, 0.25) is 0 Å². The summed E-state index contributed by atoms with van der Waals surface area (Å²) >= 11 is 1.59. The molecule has 1 aromatic heterocycles. The first kappa shape index (κ1) is 27.3. The Kier molecular flexibility index (Phi) is 8.04. The standard InChI is InChI=1S/C28H38N4O4S/c1-16-23(37-15-30-16)18-10-8-17(9-11-18)21(14-19-13-20(19)27(35)36)31-25(33)22-7-6-12-32(22)26(34)24(29-5)28(2,3)4/h8-11,15,19-22,24,29H,6-7,12-14H2,1-5H3,(H,31,33)(H,35,36)/t19?,20?,21-,22-,24+/m0/s1. The summed E-state index contributed by atoms with van der Waals surface area (Å²) in [7, 11) is 1.78. The van der Waals surface area contributed by atoms with Crippen molar-refractivity contribution in [2.75, 3.05) is 13.6 Å². The molecule has 2 amide bonds. The third-order valence-corrected chi connectivity index (χ3v) is 8.63. The number of hydrogen-bond acceptors (Lipinski definition) is 6. The van der Waals surface area contributed by atoms with Gasteiger partial charge >= 0.3 is 5.97 Å². The zero-order valence-electron chi connectivity index (χ0n) is 22.3. The van der Waals surface area contributed by atoms with Crippen molar-refractivity contribution in [2.24, 2.45) is 17.3 Å². The van der Waals surface area contributed by atoms with Crippen molar-refractivity contribution in [1.82, 2.24) is 20.5 Å². The van der Waals surface area contributed by atoms with E-state index < -0.39 is 12.0 Å². The van der Waals surface area contributed by atoms with Crippen LogP contribution < -0.4 is 10.6 Å². The van der Waals surface area contributed by atoms with Gasteiger partial charge in [0, 0.05) is 6.54 Å². The molecule has 2 aromatic rings. The summed E-state index contributed by atoms with van der Waals surface area (Å²) in [6.45, 7) is 8.58. The van der Waals surface area contributed by atoms with E-state index in [9.17, 15) is 19.5 Å². The van der Waals surface area contributed by atoms with Crippen LogP contribution in [0.4, 0.5) is 0 Å². The van der Waals surface area contributed by atoms with Crippen molar-refractivity contribution in [1.29, 1.82) is 0 Å². The highest BCUT2D eigenvalue weighted by molar-refractivity contribution is 7.13. The minimum Gasteiger partial charge on any atom is -0.481 e. The van der Waals surface area contributed by atoms with Crippen molar-refractivity contribution in [3.8, 4) is 10.4 Å². The van der Waals surface area contributed by atoms with Gasteiger partial charge in [-0.05, 0) is 62.1 Å². The Labute approximate surface area is 222 Å². The summed E-state index contributed by atoms with van der Waals surface area (Å²) < 4.78 is 0. The first-order valence-electron chi connectivity index (χ1n) is 13.0. The second-order valence-corrected chi connectivity index (χ2v) is 12.3. The molecule has 2 unspecified atom stereocenters. The van der Waals surface area contributed by atoms with E-state index in [1.807, 2.05) is 57.5 Å². The summed E-state index contributed by atoms with van der Waals surface area (Å²) in [5.41, 5.74) is 4.53. The highest BCUT2D eigenvalue weighted by Crippen LogP contribution is 2.45. The molecule has 1 aromatic carbocycles. The van der Waals surface area contributed by atoms with Gasteiger partial charge in [0.2, 0.25) is 11.8 Å². The van der Waals surface area contributed by atoms with E-state index in [0.29, 0.717) is 25.8 Å². The molecule has 8 nitrogen and oxygen atoms in total. The van der Waals surface area contributed by atoms with Crippen molar-refractivity contribution >= 4 is 29.1 Å². The van der Waals surface area contributed by atoms with Crippen LogP contribution >= 0.6 is 11.3 Å². The maximum atomic E-state index is 13.6. The number of amides is 2. The fourth-order valence-corrected chi connectivity index (χ4v) is 6.31. The van der Waals surface area contributed by atoms with Crippen LogP contribution in [0.1, 0.15) is 63.8 Å². The molecule has 2 fully saturated rings. The molecule has 1 saturated heterocycles. The van der Waals surface area contributed by atoms with Crippen molar-refractivity contribution < 1.29 is 19.5 Å². The number of aliphatic carboxylic acids is 1. The Morgan fingerprint density at radius 1 is 1.22 bits per heavy atom. The predicted molar refractivity (Wildman–Crippen MR) is 144 cm³/mol. The van der Waals surface area contributed by atoms with Gasteiger partial charge in [-0.1, -0.05) is 45.0 Å². The van der Waals surface area contributed by atoms with Gasteiger partial charge < -0.3 is 20.6 Å².